The monoisotopic (exact) mass is 262 g/mol. The molecule has 1 rings (SSSR count). The first-order valence-electron chi connectivity index (χ1n) is 4.17. The Labute approximate surface area is 89.3 Å². The minimum Gasteiger partial charge on any atom is -0.294 e. The summed E-state index contributed by atoms with van der Waals surface area (Å²) in [4.78, 5) is 11.3. The Bertz CT molecular complexity index is 350. The average Bonchev–Trinajstić information content (AvgIpc) is 2.16. The fourth-order valence-electron chi connectivity index (χ4n) is 1.08. The van der Waals surface area contributed by atoms with Gasteiger partial charge in [0.2, 0.25) is 0 Å². The highest BCUT2D eigenvalue weighted by molar-refractivity contribution is 9.10. The van der Waals surface area contributed by atoms with Gasteiger partial charge in [0.1, 0.15) is 0 Å². The van der Waals surface area contributed by atoms with E-state index in [1.54, 1.807) is 6.92 Å². The van der Waals surface area contributed by atoms with E-state index in [0.717, 1.165) is 0 Å². The van der Waals surface area contributed by atoms with Crippen molar-refractivity contribution in [3.05, 3.63) is 33.8 Å². The van der Waals surface area contributed by atoms with Crippen molar-refractivity contribution < 1.29 is 13.6 Å². The fraction of sp³-hybridized carbons (Fsp3) is 0.300. The lowest BCUT2D eigenvalue weighted by molar-refractivity contribution is 0.0987. The first kappa shape index (κ1) is 11.3. The molecule has 0 saturated carbocycles. The summed E-state index contributed by atoms with van der Waals surface area (Å²) in [6.45, 7) is 1.73. The Hall–Kier alpha value is -0.770. The van der Waals surface area contributed by atoms with Crippen LogP contribution in [0, 0.1) is 0 Å². The van der Waals surface area contributed by atoms with Crippen molar-refractivity contribution >= 4 is 21.7 Å². The van der Waals surface area contributed by atoms with Crippen molar-refractivity contribution in [3.63, 3.8) is 0 Å². The smallest absolute Gasteiger partial charge is 0.263 e. The van der Waals surface area contributed by atoms with Gasteiger partial charge < -0.3 is 0 Å². The van der Waals surface area contributed by atoms with E-state index in [1.165, 1.54) is 18.2 Å². The molecule has 1 nitrogen and oxygen atoms in total. The summed E-state index contributed by atoms with van der Waals surface area (Å²) < 4.78 is 24.9. The van der Waals surface area contributed by atoms with Gasteiger partial charge in [-0.1, -0.05) is 28.9 Å². The maximum Gasteiger partial charge on any atom is 0.263 e. The number of rotatable bonds is 3. The molecule has 0 saturated heterocycles. The third-order valence-electron chi connectivity index (χ3n) is 1.87. The molecule has 76 valence electrons. The summed E-state index contributed by atoms with van der Waals surface area (Å²) in [7, 11) is 0. The lowest BCUT2D eigenvalue weighted by Gasteiger charge is -2.04. The van der Waals surface area contributed by atoms with Crippen LogP contribution >= 0.6 is 15.9 Å². The molecule has 0 unspecified atom stereocenters. The summed E-state index contributed by atoms with van der Waals surface area (Å²) in [5, 5.41) is 0. The van der Waals surface area contributed by atoms with E-state index in [9.17, 15) is 13.6 Å². The van der Waals surface area contributed by atoms with Gasteiger partial charge in [0.25, 0.3) is 6.43 Å². The largest absolute Gasteiger partial charge is 0.294 e. The molecule has 1 aromatic carbocycles. The standard InChI is InChI=1S/C10H9BrF2O/c1-2-9(14)7-4-3-6(10(12)13)5-8(7)11/h3-5,10H,2H2,1H3. The summed E-state index contributed by atoms with van der Waals surface area (Å²) in [6, 6.07) is 3.99. The Balaban J connectivity index is 3.07. The number of carbonyl (C=O) groups is 1. The second-order valence-electron chi connectivity index (χ2n) is 2.82. The Morgan fingerprint density at radius 1 is 1.50 bits per heavy atom. The van der Waals surface area contributed by atoms with E-state index in [-0.39, 0.29) is 11.3 Å². The van der Waals surface area contributed by atoms with E-state index in [4.69, 9.17) is 0 Å². The highest BCUT2D eigenvalue weighted by atomic mass is 79.9. The highest BCUT2D eigenvalue weighted by Gasteiger charge is 2.12. The van der Waals surface area contributed by atoms with Gasteiger partial charge in [0, 0.05) is 22.0 Å². The van der Waals surface area contributed by atoms with Crippen LogP contribution in [0.5, 0.6) is 0 Å². The zero-order chi connectivity index (χ0) is 10.7. The highest BCUT2D eigenvalue weighted by Crippen LogP contribution is 2.25. The van der Waals surface area contributed by atoms with Gasteiger partial charge in [-0.05, 0) is 12.1 Å². The number of benzene rings is 1. The van der Waals surface area contributed by atoms with Crippen LogP contribution in [0.3, 0.4) is 0 Å². The summed E-state index contributed by atoms with van der Waals surface area (Å²) in [5.41, 5.74) is 0.376. The van der Waals surface area contributed by atoms with Crippen LogP contribution in [-0.2, 0) is 0 Å². The van der Waals surface area contributed by atoms with Crippen molar-refractivity contribution in [2.24, 2.45) is 0 Å². The van der Waals surface area contributed by atoms with E-state index < -0.39 is 6.43 Å². The number of hydrogen-bond donors (Lipinski definition) is 0. The van der Waals surface area contributed by atoms with Crippen molar-refractivity contribution in [2.75, 3.05) is 0 Å². The topological polar surface area (TPSA) is 17.1 Å². The van der Waals surface area contributed by atoms with E-state index in [1.807, 2.05) is 0 Å². The molecule has 0 aliphatic rings. The zero-order valence-corrected chi connectivity index (χ0v) is 9.14. The van der Waals surface area contributed by atoms with Crippen LogP contribution in [-0.4, -0.2) is 5.78 Å². The molecule has 0 bridgehead atoms. The molecule has 0 aliphatic carbocycles. The lowest BCUT2D eigenvalue weighted by Crippen LogP contribution is -1.98. The second kappa shape index (κ2) is 4.64. The molecule has 0 heterocycles. The minimum absolute atomic E-state index is 0.0577. The molecular weight excluding hydrogens is 254 g/mol. The third-order valence-corrected chi connectivity index (χ3v) is 2.52. The average molecular weight is 263 g/mol. The van der Waals surface area contributed by atoms with Gasteiger partial charge in [-0.25, -0.2) is 8.78 Å². The summed E-state index contributed by atoms with van der Waals surface area (Å²) >= 11 is 3.10. The van der Waals surface area contributed by atoms with Gasteiger partial charge >= 0.3 is 0 Å². The van der Waals surface area contributed by atoms with E-state index in [2.05, 4.69) is 15.9 Å². The molecule has 4 heteroatoms. The molecular formula is C10H9BrF2O. The molecule has 1 aromatic rings. The van der Waals surface area contributed by atoms with E-state index in [0.29, 0.717) is 16.5 Å². The fourth-order valence-corrected chi connectivity index (χ4v) is 1.70. The first-order valence-corrected chi connectivity index (χ1v) is 4.96. The van der Waals surface area contributed by atoms with Crippen molar-refractivity contribution in [2.45, 2.75) is 19.8 Å². The molecule has 0 aromatic heterocycles. The molecule has 14 heavy (non-hydrogen) atoms. The van der Waals surface area contributed by atoms with Crippen LogP contribution in [0.4, 0.5) is 8.78 Å². The maximum atomic E-state index is 12.3. The number of Topliss-reactive ketones (excluding diaryl/α,β-unsaturated/α-hetero) is 1. The van der Waals surface area contributed by atoms with Gasteiger partial charge in [-0.2, -0.15) is 0 Å². The van der Waals surface area contributed by atoms with Crippen LogP contribution in [0.2, 0.25) is 0 Å². The summed E-state index contributed by atoms with van der Waals surface area (Å²) in [6.07, 6.45) is -2.14. The van der Waals surface area contributed by atoms with Crippen LogP contribution in [0.25, 0.3) is 0 Å². The normalized spacial score (nSPS) is 10.6. The molecule has 0 atom stereocenters. The number of hydrogen-bond acceptors (Lipinski definition) is 1. The maximum absolute atomic E-state index is 12.3. The predicted molar refractivity (Wildman–Crippen MR) is 53.7 cm³/mol. The molecule has 0 fully saturated rings. The Morgan fingerprint density at radius 3 is 2.57 bits per heavy atom. The number of carbonyl (C=O) groups excluding carboxylic acids is 1. The number of halogens is 3. The Kier molecular flexibility index (Phi) is 3.75. The quantitative estimate of drug-likeness (QED) is 0.754. The van der Waals surface area contributed by atoms with Crippen molar-refractivity contribution in [1.82, 2.24) is 0 Å². The van der Waals surface area contributed by atoms with Crippen LogP contribution in [0.15, 0.2) is 22.7 Å². The van der Waals surface area contributed by atoms with Gasteiger partial charge in [-0.3, -0.25) is 4.79 Å². The molecule has 0 N–H and O–H groups in total. The first-order chi connectivity index (χ1) is 6.56. The molecule has 0 spiro atoms. The van der Waals surface area contributed by atoms with Crippen LogP contribution in [0.1, 0.15) is 35.7 Å². The Morgan fingerprint density at radius 2 is 2.14 bits per heavy atom. The van der Waals surface area contributed by atoms with Gasteiger partial charge in [-0.15, -0.1) is 0 Å². The predicted octanol–water partition coefficient (Wildman–Crippen LogP) is 3.98. The minimum atomic E-state index is -2.50. The van der Waals surface area contributed by atoms with Crippen molar-refractivity contribution in [1.29, 1.82) is 0 Å². The SMILES string of the molecule is CCC(=O)c1ccc(C(F)F)cc1Br. The lowest BCUT2D eigenvalue weighted by atomic mass is 10.1. The van der Waals surface area contributed by atoms with Gasteiger partial charge in [0.15, 0.2) is 5.78 Å². The summed E-state index contributed by atoms with van der Waals surface area (Å²) in [5.74, 6) is -0.0577. The number of alkyl halides is 2. The van der Waals surface area contributed by atoms with E-state index >= 15 is 0 Å². The zero-order valence-electron chi connectivity index (χ0n) is 7.56. The number of ketones is 1. The second-order valence-corrected chi connectivity index (χ2v) is 3.67. The van der Waals surface area contributed by atoms with Crippen molar-refractivity contribution in [3.8, 4) is 0 Å². The third kappa shape index (κ3) is 2.38. The van der Waals surface area contributed by atoms with Crippen LogP contribution < -0.4 is 0 Å². The molecule has 0 amide bonds. The van der Waals surface area contributed by atoms with Gasteiger partial charge in [0.05, 0.1) is 0 Å². The molecule has 0 radical (unpaired) electrons. The molecule has 0 aliphatic heterocycles.